The van der Waals surface area contributed by atoms with Crippen molar-refractivity contribution in [1.82, 2.24) is 0 Å². The molecular weight excluding hydrogens is 336 g/mol. The van der Waals surface area contributed by atoms with E-state index < -0.39 is 0 Å². The SMILES string of the molecule is COC1C2C3=C4C5C(=O)C6C7=C(C1C6C52)C1C(C#N)C3C2C4C(C#N)C7C12. The molecule has 8 aliphatic carbocycles. The van der Waals surface area contributed by atoms with Gasteiger partial charge in [-0.3, -0.25) is 4.79 Å². The third kappa shape index (κ3) is 0.872. The average molecular weight is 354 g/mol. The van der Waals surface area contributed by atoms with Crippen LogP contribution in [0.15, 0.2) is 22.3 Å². The van der Waals surface area contributed by atoms with Crippen molar-refractivity contribution in [2.75, 3.05) is 7.11 Å². The molecule has 0 aromatic heterocycles. The summed E-state index contributed by atoms with van der Waals surface area (Å²) in [6, 6.07) is 5.49. The van der Waals surface area contributed by atoms with Crippen LogP contribution in [0.5, 0.6) is 0 Å². The molecule has 0 spiro atoms. The van der Waals surface area contributed by atoms with E-state index in [4.69, 9.17) is 4.74 Å². The summed E-state index contributed by atoms with van der Waals surface area (Å²) in [5, 5.41) is 20.4. The van der Waals surface area contributed by atoms with Crippen molar-refractivity contribution in [3.8, 4) is 12.1 Å². The van der Waals surface area contributed by atoms with Gasteiger partial charge in [0.05, 0.1) is 30.1 Å². The van der Waals surface area contributed by atoms with E-state index in [0.717, 1.165) is 0 Å². The van der Waals surface area contributed by atoms with Gasteiger partial charge in [0, 0.05) is 54.5 Å². The number of hydrogen-bond acceptors (Lipinski definition) is 4. The number of carbonyl (C=O) groups is 1. The van der Waals surface area contributed by atoms with Gasteiger partial charge in [-0.1, -0.05) is 22.3 Å². The molecule has 0 amide bonds. The molecule has 8 aliphatic rings. The van der Waals surface area contributed by atoms with Gasteiger partial charge in [0.25, 0.3) is 0 Å². The molecule has 4 saturated carbocycles. The Labute approximate surface area is 156 Å². The van der Waals surface area contributed by atoms with Crippen molar-refractivity contribution in [2.45, 2.75) is 6.10 Å². The average Bonchev–Trinajstić information content (AvgIpc) is 3.42. The first kappa shape index (κ1) is 13.3. The topological polar surface area (TPSA) is 73.9 Å². The van der Waals surface area contributed by atoms with E-state index in [1.807, 2.05) is 7.11 Å². The number of nitriles is 2. The fourth-order valence-corrected chi connectivity index (χ4v) is 11.5. The second-order valence-corrected chi connectivity index (χ2v) is 10.7. The number of fused-ring (bicyclic) bond motifs is 8. The first-order valence-electron chi connectivity index (χ1n) is 10.6. The van der Waals surface area contributed by atoms with Crippen LogP contribution in [-0.4, -0.2) is 19.0 Å². The molecule has 12 unspecified atom stereocenters. The number of methoxy groups -OCH3 is 1. The third-order valence-electron chi connectivity index (χ3n) is 11.1. The summed E-state index contributed by atoms with van der Waals surface area (Å²) in [6.07, 6.45) is 0.207. The Balaban J connectivity index is 1.52. The molecule has 0 aromatic carbocycles. The summed E-state index contributed by atoms with van der Waals surface area (Å²) >= 11 is 0. The lowest BCUT2D eigenvalue weighted by atomic mass is 9.72. The summed E-state index contributed by atoms with van der Waals surface area (Å²) in [5.74, 6) is 4.29. The molecule has 4 heteroatoms. The Kier molecular flexibility index (Phi) is 1.69. The molecule has 4 nitrogen and oxygen atoms in total. The van der Waals surface area contributed by atoms with Crippen molar-refractivity contribution in [1.29, 1.82) is 10.5 Å². The molecule has 0 saturated heterocycles. The Morgan fingerprint density at radius 1 is 0.704 bits per heavy atom. The minimum absolute atomic E-state index is 0.0544. The maximum Gasteiger partial charge on any atom is 0.147 e. The number of hydrogen-bond donors (Lipinski definition) is 0. The van der Waals surface area contributed by atoms with E-state index >= 15 is 0 Å². The van der Waals surface area contributed by atoms with Gasteiger partial charge in [-0.2, -0.15) is 10.5 Å². The number of ether oxygens (including phenoxy) is 1. The van der Waals surface area contributed by atoms with E-state index in [1.165, 1.54) is 22.3 Å². The molecule has 0 N–H and O–H groups in total. The lowest BCUT2D eigenvalue weighted by molar-refractivity contribution is -0.123. The van der Waals surface area contributed by atoms with E-state index in [9.17, 15) is 15.3 Å². The van der Waals surface area contributed by atoms with E-state index in [1.54, 1.807) is 0 Å². The van der Waals surface area contributed by atoms with Gasteiger partial charge in [-0.15, -0.1) is 0 Å². The molecule has 8 rings (SSSR count). The third-order valence-corrected chi connectivity index (χ3v) is 11.1. The predicted octanol–water partition coefficient (Wildman–Crippen LogP) is 1.96. The Bertz CT molecular complexity index is 1020. The maximum absolute atomic E-state index is 13.7. The van der Waals surface area contributed by atoms with Crippen LogP contribution in [-0.2, 0) is 9.53 Å². The standard InChI is InChI=1S/C23H18N2O2/c1-27-23-20-14-8-5(3-25)9-11-7-4(2-24)6(10(8)11)12(14)18-16(20)17-19(22(18)26)13(7)15(9)21(17)23/h4-11,16-21,23H,1H3. The van der Waals surface area contributed by atoms with Crippen LogP contribution in [0.4, 0.5) is 0 Å². The first-order chi connectivity index (χ1) is 13.3. The summed E-state index contributed by atoms with van der Waals surface area (Å²) in [4.78, 5) is 13.7. The number of rotatable bonds is 1. The van der Waals surface area contributed by atoms with E-state index in [2.05, 4.69) is 12.1 Å². The van der Waals surface area contributed by atoms with Crippen molar-refractivity contribution in [3.63, 3.8) is 0 Å². The molecule has 12 atom stereocenters. The highest BCUT2D eigenvalue weighted by Crippen LogP contribution is 2.87. The molecule has 0 aliphatic heterocycles. The molecule has 0 aromatic rings. The number of carbonyl (C=O) groups excluding carboxylic acids is 1. The van der Waals surface area contributed by atoms with Crippen LogP contribution in [0.2, 0.25) is 0 Å². The molecule has 0 radical (unpaired) electrons. The Morgan fingerprint density at radius 3 is 1.56 bits per heavy atom. The second-order valence-electron chi connectivity index (χ2n) is 10.7. The van der Waals surface area contributed by atoms with Crippen LogP contribution in [0.1, 0.15) is 0 Å². The Hall–Kier alpha value is -1.91. The largest absolute Gasteiger partial charge is 0.380 e. The van der Waals surface area contributed by atoms with Crippen LogP contribution in [0, 0.1) is 106 Å². The van der Waals surface area contributed by atoms with Gasteiger partial charge in [-0.05, 0) is 23.7 Å². The molecule has 132 valence electrons. The van der Waals surface area contributed by atoms with Gasteiger partial charge >= 0.3 is 0 Å². The fraction of sp³-hybridized carbons (Fsp3) is 0.696. The summed E-state index contributed by atoms with van der Waals surface area (Å²) in [7, 11) is 1.86. The van der Waals surface area contributed by atoms with Crippen molar-refractivity contribution in [3.05, 3.63) is 22.3 Å². The fourth-order valence-electron chi connectivity index (χ4n) is 11.5. The highest BCUT2D eigenvalue weighted by atomic mass is 16.5. The normalized spacial score (nSPS) is 67.7. The highest BCUT2D eigenvalue weighted by Gasteiger charge is 2.85. The van der Waals surface area contributed by atoms with Crippen molar-refractivity contribution in [2.24, 2.45) is 82.9 Å². The highest BCUT2D eigenvalue weighted by molar-refractivity contribution is 5.96. The molecular formula is C23H18N2O2. The minimum Gasteiger partial charge on any atom is -0.380 e. The summed E-state index contributed by atoms with van der Waals surface area (Å²) in [6.45, 7) is 0. The molecule has 0 heterocycles. The van der Waals surface area contributed by atoms with E-state index in [-0.39, 0.29) is 41.6 Å². The molecule has 0 bridgehead atoms. The smallest absolute Gasteiger partial charge is 0.147 e. The predicted molar refractivity (Wildman–Crippen MR) is 89.9 cm³/mol. The van der Waals surface area contributed by atoms with Crippen molar-refractivity contribution >= 4 is 5.78 Å². The number of ketones is 1. The summed E-state index contributed by atoms with van der Waals surface area (Å²) in [5.41, 5.74) is 5.68. The van der Waals surface area contributed by atoms with Crippen LogP contribution in [0.25, 0.3) is 0 Å². The lowest BCUT2D eigenvalue weighted by Crippen LogP contribution is -2.35. The van der Waals surface area contributed by atoms with Crippen LogP contribution < -0.4 is 0 Å². The number of nitrogens with zero attached hydrogens (tertiary/aromatic N) is 2. The second kappa shape index (κ2) is 3.44. The van der Waals surface area contributed by atoms with Crippen LogP contribution in [0.3, 0.4) is 0 Å². The lowest BCUT2D eigenvalue weighted by Gasteiger charge is -2.34. The number of allylic oxidation sites excluding steroid dienone is 2. The zero-order chi connectivity index (χ0) is 17.7. The summed E-state index contributed by atoms with van der Waals surface area (Å²) < 4.78 is 6.18. The zero-order valence-corrected chi connectivity index (χ0v) is 14.9. The minimum atomic E-state index is 0.0544. The molecule has 4 fully saturated rings. The van der Waals surface area contributed by atoms with Gasteiger partial charge in [0.2, 0.25) is 0 Å². The van der Waals surface area contributed by atoms with Crippen molar-refractivity contribution < 1.29 is 9.53 Å². The first-order valence-corrected chi connectivity index (χ1v) is 10.6. The van der Waals surface area contributed by atoms with Crippen LogP contribution >= 0.6 is 0 Å². The van der Waals surface area contributed by atoms with Gasteiger partial charge in [-0.25, -0.2) is 0 Å². The van der Waals surface area contributed by atoms with Gasteiger partial charge in [0.15, 0.2) is 0 Å². The number of Topliss-reactive ketones (excluding diaryl/α,β-unsaturated/α-hetero) is 1. The monoisotopic (exact) mass is 354 g/mol. The van der Waals surface area contributed by atoms with E-state index in [0.29, 0.717) is 53.1 Å². The zero-order valence-electron chi connectivity index (χ0n) is 14.9. The van der Waals surface area contributed by atoms with Gasteiger partial charge in [0.1, 0.15) is 5.78 Å². The Morgan fingerprint density at radius 2 is 1.15 bits per heavy atom. The maximum atomic E-state index is 13.7. The van der Waals surface area contributed by atoms with Gasteiger partial charge < -0.3 is 4.74 Å². The molecule has 27 heavy (non-hydrogen) atoms. The quantitative estimate of drug-likeness (QED) is 0.675.